The van der Waals surface area contributed by atoms with Gasteiger partial charge in [-0.05, 0) is 12.8 Å². The molecule has 0 rings (SSSR count). The van der Waals surface area contributed by atoms with Crippen molar-refractivity contribution in [3.05, 3.63) is 0 Å². The van der Waals surface area contributed by atoms with Crippen LogP contribution >= 0.6 is 0 Å². The maximum Gasteiger partial charge on any atom is 0.00886 e. The highest BCUT2D eigenvalue weighted by Crippen LogP contribution is 2.09. The molecule has 0 aliphatic rings. The van der Waals surface area contributed by atoms with E-state index in [0.717, 1.165) is 12.8 Å². The summed E-state index contributed by atoms with van der Waals surface area (Å²) in [5.74, 6) is 6.64. The molecule has 106 valence electrons. The highest BCUT2D eigenvalue weighted by atomic mass is 14.0. The number of hydrogen-bond acceptors (Lipinski definition) is 0. The van der Waals surface area contributed by atoms with Gasteiger partial charge in [0.05, 0.1) is 0 Å². The second-order valence-corrected chi connectivity index (χ2v) is 5.39. The van der Waals surface area contributed by atoms with Crippen LogP contribution in [-0.4, -0.2) is 0 Å². The van der Waals surface area contributed by atoms with Gasteiger partial charge in [-0.15, -0.1) is 11.8 Å². The third-order valence-corrected chi connectivity index (χ3v) is 3.44. The molecule has 0 aromatic heterocycles. The summed E-state index contributed by atoms with van der Waals surface area (Å²) in [5, 5.41) is 0. The van der Waals surface area contributed by atoms with Gasteiger partial charge in [-0.3, -0.25) is 0 Å². The highest BCUT2D eigenvalue weighted by Gasteiger charge is 1.90. The fourth-order valence-corrected chi connectivity index (χ4v) is 2.16. The van der Waals surface area contributed by atoms with Gasteiger partial charge in [0.1, 0.15) is 0 Å². The SMILES string of the molecule is CCCCCCC#CCCCCCCCCCC. The largest absolute Gasteiger partial charge is 0.103 e. The quantitative estimate of drug-likeness (QED) is 0.274. The standard InChI is InChI=1S/C18H34/c1-3-5-7-9-11-13-15-17-18-16-14-12-10-8-6-4-2/h3-13,15,17-18H2,1-2H3. The normalized spacial score (nSPS) is 10.1. The Bertz CT molecular complexity index is 194. The summed E-state index contributed by atoms with van der Waals surface area (Å²) >= 11 is 0. The first-order valence-electron chi connectivity index (χ1n) is 8.37. The maximum atomic E-state index is 3.32. The Kier molecular flexibility index (Phi) is 16.2. The van der Waals surface area contributed by atoms with Crippen LogP contribution < -0.4 is 0 Å². The van der Waals surface area contributed by atoms with E-state index in [4.69, 9.17) is 0 Å². The number of unbranched alkanes of at least 4 members (excludes halogenated alkanes) is 12. The molecule has 0 bridgehead atoms. The topological polar surface area (TPSA) is 0 Å². The Balaban J connectivity index is 3.04. The molecular weight excluding hydrogens is 216 g/mol. The summed E-state index contributed by atoms with van der Waals surface area (Å²) in [7, 11) is 0. The third kappa shape index (κ3) is 15.6. The van der Waals surface area contributed by atoms with Crippen LogP contribution in [0.1, 0.15) is 104 Å². The Morgan fingerprint density at radius 1 is 0.444 bits per heavy atom. The van der Waals surface area contributed by atoms with Crippen LogP contribution in [0, 0.1) is 11.8 Å². The van der Waals surface area contributed by atoms with Crippen LogP contribution in [0.3, 0.4) is 0 Å². The molecule has 0 amide bonds. The summed E-state index contributed by atoms with van der Waals surface area (Å²) in [4.78, 5) is 0. The van der Waals surface area contributed by atoms with Crippen molar-refractivity contribution in [2.75, 3.05) is 0 Å². The van der Waals surface area contributed by atoms with E-state index >= 15 is 0 Å². The first-order valence-corrected chi connectivity index (χ1v) is 8.37. The van der Waals surface area contributed by atoms with Gasteiger partial charge >= 0.3 is 0 Å². The van der Waals surface area contributed by atoms with Gasteiger partial charge in [-0.2, -0.15) is 0 Å². The van der Waals surface area contributed by atoms with E-state index in [1.807, 2.05) is 0 Å². The molecule has 0 unspecified atom stereocenters. The lowest BCUT2D eigenvalue weighted by atomic mass is 10.1. The molecule has 0 nitrogen and oxygen atoms in total. The summed E-state index contributed by atoms with van der Waals surface area (Å²) in [6, 6.07) is 0. The van der Waals surface area contributed by atoms with E-state index < -0.39 is 0 Å². The molecule has 0 N–H and O–H groups in total. The zero-order chi connectivity index (χ0) is 13.3. The zero-order valence-corrected chi connectivity index (χ0v) is 12.9. The predicted octanol–water partition coefficient (Wildman–Crippen LogP) is 6.49. The summed E-state index contributed by atoms with van der Waals surface area (Å²) in [6.07, 6.45) is 18.8. The Morgan fingerprint density at radius 2 is 0.778 bits per heavy atom. The van der Waals surface area contributed by atoms with E-state index in [1.165, 1.54) is 77.0 Å². The average molecular weight is 250 g/mol. The van der Waals surface area contributed by atoms with Crippen LogP contribution in [0.15, 0.2) is 0 Å². The van der Waals surface area contributed by atoms with Gasteiger partial charge in [-0.25, -0.2) is 0 Å². The van der Waals surface area contributed by atoms with Crippen LogP contribution in [0.25, 0.3) is 0 Å². The monoisotopic (exact) mass is 250 g/mol. The van der Waals surface area contributed by atoms with Crippen molar-refractivity contribution >= 4 is 0 Å². The summed E-state index contributed by atoms with van der Waals surface area (Å²) in [5.41, 5.74) is 0. The molecule has 0 fully saturated rings. The molecule has 0 heterocycles. The molecule has 0 spiro atoms. The Morgan fingerprint density at radius 3 is 1.22 bits per heavy atom. The van der Waals surface area contributed by atoms with E-state index in [1.54, 1.807) is 0 Å². The van der Waals surface area contributed by atoms with E-state index in [-0.39, 0.29) is 0 Å². The minimum absolute atomic E-state index is 1.12. The second-order valence-electron chi connectivity index (χ2n) is 5.39. The average Bonchev–Trinajstić information content (AvgIpc) is 2.39. The highest BCUT2D eigenvalue weighted by molar-refractivity contribution is 4.98. The number of rotatable bonds is 12. The molecule has 0 aromatic rings. The molecule has 0 saturated carbocycles. The second kappa shape index (κ2) is 16.6. The van der Waals surface area contributed by atoms with Crippen molar-refractivity contribution in [3.8, 4) is 11.8 Å². The summed E-state index contributed by atoms with van der Waals surface area (Å²) in [6.45, 7) is 4.54. The molecule has 18 heavy (non-hydrogen) atoms. The molecule has 0 saturated heterocycles. The van der Waals surface area contributed by atoms with Crippen LogP contribution in [-0.2, 0) is 0 Å². The van der Waals surface area contributed by atoms with Gasteiger partial charge in [0.15, 0.2) is 0 Å². The summed E-state index contributed by atoms with van der Waals surface area (Å²) < 4.78 is 0. The van der Waals surface area contributed by atoms with E-state index in [2.05, 4.69) is 25.7 Å². The fourth-order valence-electron chi connectivity index (χ4n) is 2.16. The minimum atomic E-state index is 1.12. The predicted molar refractivity (Wildman–Crippen MR) is 83.8 cm³/mol. The van der Waals surface area contributed by atoms with Crippen LogP contribution in [0.5, 0.6) is 0 Å². The molecule has 0 aliphatic heterocycles. The third-order valence-electron chi connectivity index (χ3n) is 3.44. The first-order chi connectivity index (χ1) is 8.91. The lowest BCUT2D eigenvalue weighted by Crippen LogP contribution is -1.80. The van der Waals surface area contributed by atoms with Crippen LogP contribution in [0.2, 0.25) is 0 Å². The van der Waals surface area contributed by atoms with Crippen molar-refractivity contribution in [2.45, 2.75) is 104 Å². The van der Waals surface area contributed by atoms with Crippen molar-refractivity contribution in [2.24, 2.45) is 0 Å². The van der Waals surface area contributed by atoms with Gasteiger partial charge in [0, 0.05) is 12.8 Å². The number of hydrogen-bond donors (Lipinski definition) is 0. The van der Waals surface area contributed by atoms with Crippen molar-refractivity contribution in [3.63, 3.8) is 0 Å². The molecule has 0 aromatic carbocycles. The van der Waals surface area contributed by atoms with Gasteiger partial charge < -0.3 is 0 Å². The lowest BCUT2D eigenvalue weighted by molar-refractivity contribution is 0.579. The molecular formula is C18H34. The lowest BCUT2D eigenvalue weighted by Gasteiger charge is -1.99. The molecule has 0 aliphatic carbocycles. The minimum Gasteiger partial charge on any atom is -0.103 e. The fraction of sp³-hybridized carbons (Fsp3) is 0.889. The van der Waals surface area contributed by atoms with E-state index in [9.17, 15) is 0 Å². The van der Waals surface area contributed by atoms with Crippen molar-refractivity contribution in [1.29, 1.82) is 0 Å². The Hall–Kier alpha value is -0.440. The molecule has 0 heteroatoms. The first kappa shape index (κ1) is 17.6. The van der Waals surface area contributed by atoms with Crippen molar-refractivity contribution < 1.29 is 0 Å². The van der Waals surface area contributed by atoms with Crippen LogP contribution in [0.4, 0.5) is 0 Å². The molecule has 0 radical (unpaired) electrons. The maximum absolute atomic E-state index is 3.32. The Labute approximate surface area is 116 Å². The van der Waals surface area contributed by atoms with E-state index in [0.29, 0.717) is 0 Å². The van der Waals surface area contributed by atoms with Gasteiger partial charge in [0.2, 0.25) is 0 Å². The van der Waals surface area contributed by atoms with Gasteiger partial charge in [0.25, 0.3) is 0 Å². The zero-order valence-electron chi connectivity index (χ0n) is 12.9. The van der Waals surface area contributed by atoms with Crippen molar-refractivity contribution in [1.82, 2.24) is 0 Å². The smallest absolute Gasteiger partial charge is 0.00886 e. The van der Waals surface area contributed by atoms with Gasteiger partial charge in [-0.1, -0.05) is 78.1 Å². The molecule has 0 atom stereocenters.